The quantitative estimate of drug-likeness (QED) is 0.118. The largest absolute Gasteiger partial charge is 0.439 e. The van der Waals surface area contributed by atoms with E-state index < -0.39 is 0 Å². The molecule has 12 aromatic heterocycles. The molecule has 0 atom stereocenters. The van der Waals surface area contributed by atoms with E-state index >= 15 is 0 Å². The third kappa shape index (κ3) is 14.3. The van der Waals surface area contributed by atoms with E-state index in [0.717, 1.165) is 86.9 Å². The highest BCUT2D eigenvalue weighted by Crippen LogP contribution is 2.25. The topological polar surface area (TPSA) is 133 Å². The molecular weight excluding hydrogens is 1400 g/mol. The molecule has 0 bridgehead atoms. The molecule has 16 aromatic rings. The van der Waals surface area contributed by atoms with Crippen molar-refractivity contribution in [2.24, 2.45) is 28.2 Å². The lowest BCUT2D eigenvalue weighted by Crippen LogP contribution is -2.61. The number of benzene rings is 4. The molecule has 0 amide bonds. The molecule has 0 radical (unpaired) electrons. The molecule has 20 rings (SSSR count). The van der Waals surface area contributed by atoms with Gasteiger partial charge in [0.2, 0.25) is 22.9 Å². The van der Waals surface area contributed by atoms with Crippen LogP contribution in [0.5, 0.6) is 0 Å². The van der Waals surface area contributed by atoms with Crippen LogP contribution >= 0.6 is 0 Å². The molecule has 114 heavy (non-hydrogen) atoms. The summed E-state index contributed by atoms with van der Waals surface area (Å²) in [6, 6.07) is 72.0. The fourth-order valence-electron chi connectivity index (χ4n) is 16.2. The molecule has 0 saturated heterocycles. The zero-order valence-electron chi connectivity index (χ0n) is 66.9. The van der Waals surface area contributed by atoms with Gasteiger partial charge in [-0.05, 0) is 199 Å². The molecule has 0 spiro atoms. The molecule has 0 N–H and O–H groups in total. The Morgan fingerprint density at radius 1 is 0.281 bits per heavy atom. The maximum absolute atomic E-state index is 6.12. The first-order valence-corrected chi connectivity index (χ1v) is 38.7. The molecule has 0 unspecified atom stereocenters. The van der Waals surface area contributed by atoms with Gasteiger partial charge in [-0.3, -0.25) is 0 Å². The number of hydrogen-bond donors (Lipinski definition) is 0. The van der Waals surface area contributed by atoms with Crippen molar-refractivity contribution in [3.05, 3.63) is 307 Å². The van der Waals surface area contributed by atoms with Crippen LogP contribution in [-0.4, -0.2) is 94.8 Å². The highest BCUT2D eigenvalue weighted by molar-refractivity contribution is 6.84. The molecule has 4 aliphatic rings. The first-order valence-electron chi connectivity index (χ1n) is 38.7. The number of aryl methyl sites for hydroxylation is 10. The van der Waals surface area contributed by atoms with E-state index in [-0.39, 0.29) is 27.4 Å². The summed E-state index contributed by atoms with van der Waals surface area (Å²) in [5.74, 6) is 8.87. The zero-order valence-corrected chi connectivity index (χ0v) is 66.9. The fourth-order valence-corrected chi connectivity index (χ4v) is 16.2. The minimum Gasteiger partial charge on any atom is -0.439 e. The molecular formula is C94H88B4N12O4+4. The van der Waals surface area contributed by atoms with E-state index in [1.165, 1.54) is 78.0 Å². The minimum atomic E-state index is 0.0808. The van der Waals surface area contributed by atoms with Crippen LogP contribution in [0.2, 0.25) is 0 Å². The van der Waals surface area contributed by atoms with Gasteiger partial charge in [0.25, 0.3) is 0 Å². The average Bonchev–Trinajstić information content (AvgIpc) is 1.61. The summed E-state index contributed by atoms with van der Waals surface area (Å²) < 4.78 is 33.1. The van der Waals surface area contributed by atoms with E-state index in [4.69, 9.17) is 17.7 Å². The molecule has 16 nitrogen and oxygen atoms in total. The lowest BCUT2D eigenvalue weighted by molar-refractivity contribution is -0.654. The Hall–Kier alpha value is -13.3. The Kier molecular flexibility index (Phi) is 19.6. The molecule has 0 fully saturated rings. The van der Waals surface area contributed by atoms with Gasteiger partial charge in [-0.2, -0.15) is 0 Å². The van der Waals surface area contributed by atoms with Crippen LogP contribution in [0.15, 0.2) is 249 Å². The van der Waals surface area contributed by atoms with Crippen LogP contribution < -0.4 is 83.2 Å². The minimum absolute atomic E-state index is 0.0808. The van der Waals surface area contributed by atoms with Crippen molar-refractivity contribution >= 4 is 143 Å². The van der Waals surface area contributed by atoms with Gasteiger partial charge in [-0.15, -0.1) is 0 Å². The number of pyridine rings is 8. The predicted octanol–water partition coefficient (Wildman–Crippen LogP) is 6.73. The van der Waals surface area contributed by atoms with Crippen molar-refractivity contribution in [3.8, 4) is 44.5 Å². The van der Waals surface area contributed by atoms with Crippen molar-refractivity contribution in [1.82, 2.24) is 39.2 Å². The van der Waals surface area contributed by atoms with Gasteiger partial charge in [-0.1, -0.05) is 127 Å². The molecule has 0 aliphatic carbocycles. The van der Waals surface area contributed by atoms with Crippen molar-refractivity contribution in [2.75, 3.05) is 28.2 Å². The number of furan rings is 4. The highest BCUT2D eigenvalue weighted by atomic mass is 16.3. The summed E-state index contributed by atoms with van der Waals surface area (Å²) in [7, 11) is 16.8. The van der Waals surface area contributed by atoms with Gasteiger partial charge in [0.1, 0.15) is 44.4 Å². The number of rotatable bonds is 8. The average molecular weight is 1490 g/mol. The molecule has 20 heteroatoms. The summed E-state index contributed by atoms with van der Waals surface area (Å²) in [5.41, 5.74) is 27.4. The van der Waals surface area contributed by atoms with Gasteiger partial charge in [0, 0.05) is 119 Å². The summed E-state index contributed by atoms with van der Waals surface area (Å²) in [5, 5.41) is 8.67. The van der Waals surface area contributed by atoms with E-state index in [1.54, 1.807) is 0 Å². The van der Waals surface area contributed by atoms with Crippen molar-refractivity contribution in [3.63, 3.8) is 0 Å². The highest BCUT2D eigenvalue weighted by Gasteiger charge is 2.36. The second-order valence-corrected chi connectivity index (χ2v) is 30.5. The smallest absolute Gasteiger partial charge is 0.399 e. The van der Waals surface area contributed by atoms with Crippen LogP contribution in [0.3, 0.4) is 0 Å². The third-order valence-corrected chi connectivity index (χ3v) is 22.4. The van der Waals surface area contributed by atoms with Gasteiger partial charge in [-0.25, -0.2) is 38.2 Å². The second-order valence-electron chi connectivity index (χ2n) is 30.5. The Labute approximate surface area is 663 Å². The molecule has 556 valence electrons. The van der Waals surface area contributed by atoms with Crippen LogP contribution in [0.25, 0.3) is 138 Å². The maximum Gasteiger partial charge on any atom is 0.399 e. The van der Waals surface area contributed by atoms with Gasteiger partial charge in [0.15, 0.2) is 52.6 Å². The normalized spacial score (nSPS) is 13.2. The Bertz CT molecular complexity index is 7010. The first-order chi connectivity index (χ1) is 55.2. The summed E-state index contributed by atoms with van der Waals surface area (Å²) >= 11 is 0. The molecule has 16 heterocycles. The molecule has 4 aromatic carbocycles. The van der Waals surface area contributed by atoms with Gasteiger partial charge >= 0.3 is 27.4 Å². The van der Waals surface area contributed by atoms with Crippen molar-refractivity contribution in [2.45, 2.75) is 41.5 Å². The molecule has 0 saturated carbocycles. The third-order valence-electron chi connectivity index (χ3n) is 22.4. The second kappa shape index (κ2) is 30.4. The Morgan fingerprint density at radius 3 is 1.01 bits per heavy atom. The number of fused-ring (bicyclic) bond motifs is 12. The predicted molar refractivity (Wildman–Crippen MR) is 462 cm³/mol. The standard InChI is InChI=1S/2C24H23BN3O.2C23H21BN3O/c1-16-14-27(3)23(12-20(16)18-8-6-5-7-9-18)25-13-22-21(15-28(25)4)19-11-10-17(2)26-24(19)29-22;1-16-12-23(27(3)14-20(16)18-8-6-5-7-9-18)25-13-22-21(15-28(25)4)19-11-10-17(2)26-24(19)29-22;1-16-9-10-19-20-15-27(3)24(14-21(20)28-23(19)25-16)22-13-18(11-12-26(22)2)17-7-5-4-6-8-17;1-16-9-10-19-20-14-24(27(3)15-21(20)28-23(19)25-16)22-13-18(11-12-26(22)2)17-7-5-4-6-8-17/h2*5-15H,1-4H3;2*4-15H,1-3H3/q4*+1. The Morgan fingerprint density at radius 2 is 0.605 bits per heavy atom. The van der Waals surface area contributed by atoms with E-state index in [9.17, 15) is 0 Å². The van der Waals surface area contributed by atoms with Crippen LogP contribution in [0.4, 0.5) is 0 Å². The summed E-state index contributed by atoms with van der Waals surface area (Å²) in [6.07, 6.45) is 17.3. The number of hydrogen-bond acceptors (Lipinski definition) is 12. The van der Waals surface area contributed by atoms with Crippen LogP contribution in [-0.2, 0) is 28.2 Å². The summed E-state index contributed by atoms with van der Waals surface area (Å²) in [4.78, 5) is 27.1. The number of aromatic nitrogens is 8. The molecule has 4 aliphatic heterocycles. The summed E-state index contributed by atoms with van der Waals surface area (Å²) in [6.45, 7) is 12.7. The first kappa shape index (κ1) is 73.5. The number of nitrogens with zero attached hydrogens (tertiary/aromatic N) is 12. The van der Waals surface area contributed by atoms with Crippen LogP contribution in [0, 0.1) is 41.5 Å². The van der Waals surface area contributed by atoms with E-state index in [0.29, 0.717) is 22.9 Å². The van der Waals surface area contributed by atoms with Crippen molar-refractivity contribution in [1.29, 1.82) is 0 Å². The van der Waals surface area contributed by atoms with Gasteiger partial charge < -0.3 is 36.9 Å². The monoisotopic (exact) mass is 1490 g/mol. The lowest BCUT2D eigenvalue weighted by atomic mass is 9.55. The van der Waals surface area contributed by atoms with Gasteiger partial charge in [0.05, 0.1) is 0 Å². The Balaban J connectivity index is 0.000000110. The van der Waals surface area contributed by atoms with E-state index in [1.807, 2.05) is 64.1 Å². The fraction of sp³-hybridized carbons (Fsp3) is 0.149. The van der Waals surface area contributed by atoms with E-state index in [2.05, 4.69) is 371 Å². The lowest BCUT2D eigenvalue weighted by Gasteiger charge is -2.21. The van der Waals surface area contributed by atoms with Crippen LogP contribution in [0.1, 0.15) is 33.9 Å². The maximum atomic E-state index is 6.12. The zero-order chi connectivity index (χ0) is 78.7. The SMILES string of the molecule is Cc1ccc2c3c(oc2n1)=CB(c1cc(-c2ccccc2)c(C)c[n+]1C)N(C)C=3.Cc1ccc2c3c(oc2n1)=CB(c1cc(-c2ccccc2)cc[n+]1C)N(C)C=3.Cc1ccc2c3c(oc2n1)=CB(c1cc(C)c(-c2ccccc2)c[n+]1C)N(C)C=3.Cc1ccc2c3c(oc2n1)=CN(C)B(c1cc(-c2ccccc2)cc[n+]1C)C=3. The van der Waals surface area contributed by atoms with Crippen molar-refractivity contribution < 1.29 is 35.9 Å².